The first-order chi connectivity index (χ1) is 24.1. The molecule has 12 nitrogen and oxygen atoms in total. The van der Waals surface area contributed by atoms with Gasteiger partial charge in [0.15, 0.2) is 18.9 Å². The topological polar surface area (TPSA) is 161 Å². The number of rotatable bonds is 11. The number of halogens is 2. The van der Waals surface area contributed by atoms with Crippen LogP contribution in [0.25, 0.3) is 0 Å². The zero-order valence-electron chi connectivity index (χ0n) is 26.0. The molecule has 0 bridgehead atoms. The van der Waals surface area contributed by atoms with Gasteiger partial charge in [0, 0.05) is 30.7 Å². The molecular formula is C34H28F2N2O10S2. The molecule has 1 atom stereocenters. The highest BCUT2D eigenvalue weighted by Crippen LogP contribution is 2.45. The highest BCUT2D eigenvalue weighted by atomic mass is 32.2. The van der Waals surface area contributed by atoms with E-state index in [0.29, 0.717) is 53.4 Å². The molecule has 0 saturated carbocycles. The van der Waals surface area contributed by atoms with Gasteiger partial charge in [-0.25, -0.2) is 8.78 Å². The third-order valence-corrected chi connectivity index (χ3v) is 9.82. The van der Waals surface area contributed by atoms with Crippen LogP contribution >= 0.6 is 23.5 Å². The molecule has 2 aliphatic rings. The van der Waals surface area contributed by atoms with Crippen LogP contribution in [0.1, 0.15) is 64.1 Å². The summed E-state index contributed by atoms with van der Waals surface area (Å²) in [5, 5.41) is 35.9. The first-order valence-corrected chi connectivity index (χ1v) is 16.9. The lowest BCUT2D eigenvalue weighted by Gasteiger charge is -2.23. The average molecular weight is 727 g/mol. The number of nitro groups is 2. The molecule has 50 heavy (non-hydrogen) atoms. The largest absolute Gasteiger partial charge is 0.383 e. The summed E-state index contributed by atoms with van der Waals surface area (Å²) in [5.74, 6) is -2.31. The predicted molar refractivity (Wildman–Crippen MR) is 175 cm³/mol. The third-order valence-electron chi connectivity index (χ3n) is 7.79. The number of nitrogens with zero attached hydrogens (tertiary/aromatic N) is 2. The van der Waals surface area contributed by atoms with Crippen LogP contribution in [0.15, 0.2) is 86.3 Å². The lowest BCUT2D eigenvalue weighted by molar-refractivity contribution is -0.387. The van der Waals surface area contributed by atoms with Crippen molar-refractivity contribution < 1.29 is 47.5 Å². The van der Waals surface area contributed by atoms with Gasteiger partial charge in [-0.05, 0) is 49.2 Å². The molecule has 1 N–H and O–H groups in total. The lowest BCUT2D eigenvalue weighted by Crippen LogP contribution is -2.17. The summed E-state index contributed by atoms with van der Waals surface area (Å²) >= 11 is 1.65. The van der Waals surface area contributed by atoms with Crippen molar-refractivity contribution in [1.82, 2.24) is 0 Å². The number of carbonyl (C=O) groups is 1. The molecule has 2 saturated heterocycles. The molecule has 2 fully saturated rings. The molecule has 0 radical (unpaired) electrons. The van der Waals surface area contributed by atoms with Gasteiger partial charge in [0.25, 0.3) is 11.4 Å². The minimum atomic E-state index is -2.36. The van der Waals surface area contributed by atoms with Crippen molar-refractivity contribution in [1.29, 1.82) is 0 Å². The maximum absolute atomic E-state index is 16.4. The van der Waals surface area contributed by atoms with Gasteiger partial charge >= 0.3 is 0 Å². The number of hydrogen-bond acceptors (Lipinski definition) is 12. The van der Waals surface area contributed by atoms with Crippen LogP contribution in [0.4, 0.5) is 20.2 Å². The fourth-order valence-corrected chi connectivity index (χ4v) is 7.43. The first kappa shape index (κ1) is 35.5. The number of aldehydes is 1. The van der Waals surface area contributed by atoms with E-state index in [9.17, 15) is 30.1 Å². The van der Waals surface area contributed by atoms with E-state index in [1.165, 1.54) is 0 Å². The molecule has 16 heteroatoms. The number of hydrogen-bond donors (Lipinski definition) is 1. The Morgan fingerprint density at radius 3 is 1.82 bits per heavy atom. The van der Waals surface area contributed by atoms with Crippen LogP contribution in [0.3, 0.4) is 0 Å². The summed E-state index contributed by atoms with van der Waals surface area (Å²) in [7, 11) is 0. The van der Waals surface area contributed by atoms with Crippen LogP contribution < -0.4 is 0 Å². The Bertz CT molecular complexity index is 1940. The lowest BCUT2D eigenvalue weighted by atomic mass is 9.95. The van der Waals surface area contributed by atoms with E-state index in [0.717, 1.165) is 48.5 Å². The van der Waals surface area contributed by atoms with E-state index in [4.69, 9.17) is 18.9 Å². The molecule has 2 aliphatic heterocycles. The molecule has 0 spiro atoms. The van der Waals surface area contributed by atoms with Crippen LogP contribution in [0.2, 0.25) is 0 Å². The van der Waals surface area contributed by atoms with Crippen molar-refractivity contribution in [2.45, 2.75) is 51.1 Å². The van der Waals surface area contributed by atoms with Gasteiger partial charge in [-0.15, -0.1) is 0 Å². The average Bonchev–Trinajstić information content (AvgIpc) is 3.13. The van der Waals surface area contributed by atoms with Gasteiger partial charge in [0.2, 0.25) is 0 Å². The van der Waals surface area contributed by atoms with Crippen LogP contribution in [0.5, 0.6) is 0 Å². The van der Waals surface area contributed by atoms with Crippen molar-refractivity contribution in [3.05, 3.63) is 126 Å². The fourth-order valence-electron chi connectivity index (χ4n) is 5.52. The summed E-state index contributed by atoms with van der Waals surface area (Å²) in [6.45, 7) is 1.95. The van der Waals surface area contributed by atoms with E-state index >= 15 is 8.78 Å². The molecule has 4 aromatic carbocycles. The Labute approximate surface area is 292 Å². The molecule has 1 unspecified atom stereocenters. The zero-order valence-corrected chi connectivity index (χ0v) is 27.6. The first-order valence-electron chi connectivity index (χ1n) is 15.3. The summed E-state index contributed by atoms with van der Waals surface area (Å²) in [6.07, 6.45) is -2.07. The molecule has 4 aromatic rings. The Morgan fingerprint density at radius 2 is 1.32 bits per heavy atom. The van der Waals surface area contributed by atoms with Crippen LogP contribution in [-0.2, 0) is 18.9 Å². The number of ether oxygens (including phenoxy) is 4. The van der Waals surface area contributed by atoms with Gasteiger partial charge in [0.05, 0.1) is 53.5 Å². The molecule has 260 valence electrons. The second-order valence-corrected chi connectivity index (χ2v) is 13.4. The zero-order chi connectivity index (χ0) is 35.4. The maximum Gasteiger partial charge on any atom is 0.289 e. The summed E-state index contributed by atoms with van der Waals surface area (Å²) in [6, 6.07) is 16.0. The second-order valence-electron chi connectivity index (χ2n) is 11.1. The fraction of sp³-hybridized carbons (Fsp3) is 0.265. The minimum absolute atomic E-state index is 0.130. The third kappa shape index (κ3) is 7.71. The van der Waals surface area contributed by atoms with Crippen molar-refractivity contribution in [2.75, 3.05) is 26.4 Å². The van der Waals surface area contributed by atoms with Gasteiger partial charge in [-0.1, -0.05) is 47.8 Å². The van der Waals surface area contributed by atoms with E-state index in [1.807, 2.05) is 0 Å². The molecule has 0 aromatic heterocycles. The van der Waals surface area contributed by atoms with Gasteiger partial charge in [-0.2, -0.15) is 0 Å². The van der Waals surface area contributed by atoms with E-state index in [1.54, 1.807) is 48.5 Å². The second kappa shape index (κ2) is 15.7. The summed E-state index contributed by atoms with van der Waals surface area (Å²) in [4.78, 5) is 34.8. The molecule has 2 heterocycles. The maximum atomic E-state index is 16.4. The van der Waals surface area contributed by atoms with Gasteiger partial charge in [0.1, 0.15) is 23.3 Å². The van der Waals surface area contributed by atoms with Crippen LogP contribution in [0, 0.1) is 31.9 Å². The minimum Gasteiger partial charge on any atom is -0.383 e. The Balaban J connectivity index is 1.40. The number of nitro benzene ring substituents is 2. The van der Waals surface area contributed by atoms with Crippen LogP contribution in [-0.4, -0.2) is 47.7 Å². The highest BCUT2D eigenvalue weighted by molar-refractivity contribution is 7.99. The molecule has 0 amide bonds. The van der Waals surface area contributed by atoms with E-state index < -0.39 is 68.2 Å². The van der Waals surface area contributed by atoms with Gasteiger partial charge in [-0.3, -0.25) is 25.0 Å². The number of aliphatic hydroxyl groups is 1. The smallest absolute Gasteiger partial charge is 0.289 e. The van der Waals surface area contributed by atoms with Crippen molar-refractivity contribution in [2.24, 2.45) is 0 Å². The normalized spacial score (nSPS) is 16.2. The standard InChI is InChI=1S/C34H28F2N2O10S2/c35-25-17-26(37(41)42)24(16-27(25)49-22-7-1-5-19(13-22)33-45-9-3-10-46-33)32(40)29-30(36)28(15-21(18-39)31(29)38(43)44)50-23-8-2-6-20(14-23)34-47-11-4-12-48-34/h1-2,5-8,13-18,32-34,40H,3-4,9-12H2. The number of carbonyl (C=O) groups excluding carboxylic acids is 1. The number of aliphatic hydroxyl groups excluding tert-OH is 1. The van der Waals surface area contributed by atoms with Crippen molar-refractivity contribution in [3.63, 3.8) is 0 Å². The Morgan fingerprint density at radius 1 is 0.780 bits per heavy atom. The molecule has 6 rings (SSSR count). The number of benzene rings is 4. The SMILES string of the molecule is O=Cc1cc(Sc2cccc(C3OCCCO3)c2)c(F)c(C(O)c2cc(Sc3cccc(C4OCCCO4)c3)c(F)cc2[N+](=O)[O-])c1[N+](=O)[O-]. The van der Waals surface area contributed by atoms with Crippen molar-refractivity contribution in [3.8, 4) is 0 Å². The quantitative estimate of drug-likeness (QED) is 0.0907. The Kier molecular flexibility index (Phi) is 11.2. The Hall–Kier alpha value is -4.29. The summed E-state index contributed by atoms with van der Waals surface area (Å²) < 4.78 is 54.4. The van der Waals surface area contributed by atoms with E-state index in [2.05, 4.69) is 0 Å². The van der Waals surface area contributed by atoms with Gasteiger partial charge < -0.3 is 24.1 Å². The monoisotopic (exact) mass is 726 g/mol. The highest BCUT2D eigenvalue weighted by Gasteiger charge is 2.36. The summed E-state index contributed by atoms with van der Waals surface area (Å²) in [5.41, 5.74) is -2.94. The predicted octanol–water partition coefficient (Wildman–Crippen LogP) is 7.85. The van der Waals surface area contributed by atoms with Crippen molar-refractivity contribution >= 4 is 41.2 Å². The van der Waals surface area contributed by atoms with E-state index in [-0.39, 0.29) is 16.1 Å². The molecular weight excluding hydrogens is 699 g/mol. The molecule has 0 aliphatic carbocycles.